The van der Waals surface area contributed by atoms with Gasteiger partial charge in [0, 0.05) is 32.3 Å². The molecule has 112 valence electrons. The maximum Gasteiger partial charge on any atom is 0.276 e. The third kappa shape index (κ3) is 2.57. The van der Waals surface area contributed by atoms with Crippen molar-refractivity contribution < 1.29 is 9.32 Å². The molecule has 0 radical (unpaired) electrons. The van der Waals surface area contributed by atoms with Gasteiger partial charge in [0.05, 0.1) is 12.2 Å². The second kappa shape index (κ2) is 5.35. The van der Waals surface area contributed by atoms with Crippen LogP contribution in [0.15, 0.2) is 16.8 Å². The molecule has 2 aromatic rings. The van der Waals surface area contributed by atoms with Crippen molar-refractivity contribution in [2.24, 2.45) is 13.0 Å². The summed E-state index contributed by atoms with van der Waals surface area (Å²) in [4.78, 5) is 14.3. The molecule has 0 bridgehead atoms. The minimum Gasteiger partial charge on any atom is -0.360 e. The van der Waals surface area contributed by atoms with Gasteiger partial charge in [0.25, 0.3) is 5.91 Å². The van der Waals surface area contributed by atoms with E-state index in [1.165, 1.54) is 0 Å². The van der Waals surface area contributed by atoms with Gasteiger partial charge in [-0.25, -0.2) is 0 Å². The molecule has 21 heavy (non-hydrogen) atoms. The highest BCUT2D eigenvalue weighted by Gasteiger charge is 2.28. The summed E-state index contributed by atoms with van der Waals surface area (Å²) in [7, 11) is 3.65. The van der Waals surface area contributed by atoms with E-state index in [2.05, 4.69) is 17.2 Å². The van der Waals surface area contributed by atoms with Crippen molar-refractivity contribution in [1.29, 1.82) is 0 Å². The number of aromatic nitrogens is 3. The van der Waals surface area contributed by atoms with Crippen molar-refractivity contribution in [3.05, 3.63) is 35.0 Å². The lowest BCUT2D eigenvalue weighted by atomic mass is 9.88. The topological polar surface area (TPSA) is 64.2 Å². The zero-order valence-corrected chi connectivity index (χ0v) is 12.7. The monoisotopic (exact) mass is 288 g/mol. The molecular formula is C15H20N4O2. The first kappa shape index (κ1) is 13.9. The van der Waals surface area contributed by atoms with Gasteiger partial charge in [0.15, 0.2) is 5.69 Å². The highest BCUT2D eigenvalue weighted by molar-refractivity contribution is 5.93. The van der Waals surface area contributed by atoms with Crippen LogP contribution in [0.5, 0.6) is 0 Å². The number of carbonyl (C=O) groups excluding carboxylic acids is 1. The summed E-state index contributed by atoms with van der Waals surface area (Å²) in [5, 5.41) is 8.13. The first-order valence-corrected chi connectivity index (χ1v) is 7.26. The molecule has 1 aliphatic carbocycles. The Hall–Kier alpha value is -2.11. The molecule has 1 atom stereocenters. The second-order valence-corrected chi connectivity index (χ2v) is 5.89. The summed E-state index contributed by atoms with van der Waals surface area (Å²) in [5.74, 6) is 1.37. The molecular weight excluding hydrogens is 268 g/mol. The van der Waals surface area contributed by atoms with Crippen LogP contribution in [0.2, 0.25) is 0 Å². The number of aryl methyl sites for hydroxylation is 2. The maximum atomic E-state index is 12.6. The number of carbonyl (C=O) groups is 1. The maximum absolute atomic E-state index is 12.6. The summed E-state index contributed by atoms with van der Waals surface area (Å²) in [6, 6.07) is 1.91. The molecule has 0 saturated carbocycles. The molecule has 1 aliphatic rings. The fraction of sp³-hybridized carbons (Fsp3) is 0.533. The van der Waals surface area contributed by atoms with Crippen molar-refractivity contribution in [1.82, 2.24) is 19.8 Å². The van der Waals surface area contributed by atoms with Crippen LogP contribution in [0.3, 0.4) is 0 Å². The average Bonchev–Trinajstić information content (AvgIpc) is 3.04. The summed E-state index contributed by atoms with van der Waals surface area (Å²) < 4.78 is 7.12. The van der Waals surface area contributed by atoms with E-state index in [0.717, 1.165) is 36.3 Å². The highest BCUT2D eigenvalue weighted by atomic mass is 16.5. The summed E-state index contributed by atoms with van der Waals surface area (Å²) in [5.41, 5.74) is 2.45. The van der Waals surface area contributed by atoms with Gasteiger partial charge in [0.2, 0.25) is 0 Å². The second-order valence-electron chi connectivity index (χ2n) is 5.89. The van der Waals surface area contributed by atoms with Crippen LogP contribution >= 0.6 is 0 Å². The van der Waals surface area contributed by atoms with Gasteiger partial charge in [0.1, 0.15) is 5.76 Å². The standard InChI is InChI=1S/C15H20N4O2/c1-10-4-5-13-12(8-10)14(17-21-13)15(20)18(2)9-11-6-7-16-19(11)3/h6-7,10H,4-5,8-9H2,1-3H3. The highest BCUT2D eigenvalue weighted by Crippen LogP contribution is 2.28. The predicted molar refractivity (Wildman–Crippen MR) is 76.7 cm³/mol. The smallest absolute Gasteiger partial charge is 0.276 e. The molecule has 0 aliphatic heterocycles. The van der Waals surface area contributed by atoms with Crippen LogP contribution < -0.4 is 0 Å². The van der Waals surface area contributed by atoms with Crippen LogP contribution in [0, 0.1) is 5.92 Å². The number of rotatable bonds is 3. The Morgan fingerprint density at radius 3 is 3.10 bits per heavy atom. The Bertz CT molecular complexity index is 658. The third-order valence-corrected chi connectivity index (χ3v) is 4.16. The van der Waals surface area contributed by atoms with Gasteiger partial charge in [-0.1, -0.05) is 12.1 Å². The fourth-order valence-corrected chi connectivity index (χ4v) is 2.80. The van der Waals surface area contributed by atoms with Crippen molar-refractivity contribution >= 4 is 5.91 Å². The molecule has 0 saturated heterocycles. The van der Waals surface area contributed by atoms with E-state index in [4.69, 9.17) is 4.52 Å². The molecule has 0 spiro atoms. The number of amides is 1. The third-order valence-electron chi connectivity index (χ3n) is 4.16. The average molecular weight is 288 g/mol. The van der Waals surface area contributed by atoms with E-state index in [0.29, 0.717) is 18.2 Å². The summed E-state index contributed by atoms with van der Waals surface area (Å²) >= 11 is 0. The molecule has 3 rings (SSSR count). The van der Waals surface area contributed by atoms with Gasteiger partial charge in [-0.3, -0.25) is 9.48 Å². The van der Waals surface area contributed by atoms with Gasteiger partial charge >= 0.3 is 0 Å². The predicted octanol–water partition coefficient (Wildman–Crippen LogP) is 1.81. The normalized spacial score (nSPS) is 17.6. The van der Waals surface area contributed by atoms with E-state index in [-0.39, 0.29) is 5.91 Å². The van der Waals surface area contributed by atoms with E-state index in [1.807, 2.05) is 13.1 Å². The molecule has 0 fully saturated rings. The molecule has 2 aromatic heterocycles. The largest absolute Gasteiger partial charge is 0.360 e. The molecule has 6 nitrogen and oxygen atoms in total. The first-order valence-electron chi connectivity index (χ1n) is 7.26. The molecule has 0 N–H and O–H groups in total. The van der Waals surface area contributed by atoms with Crippen LogP contribution in [0.4, 0.5) is 0 Å². The minimum absolute atomic E-state index is 0.0877. The van der Waals surface area contributed by atoms with Gasteiger partial charge < -0.3 is 9.42 Å². The van der Waals surface area contributed by atoms with Crippen molar-refractivity contribution in [2.45, 2.75) is 32.7 Å². The quantitative estimate of drug-likeness (QED) is 0.864. The zero-order valence-electron chi connectivity index (χ0n) is 12.7. The Kier molecular flexibility index (Phi) is 3.53. The molecule has 2 heterocycles. The van der Waals surface area contributed by atoms with E-state index < -0.39 is 0 Å². The van der Waals surface area contributed by atoms with E-state index >= 15 is 0 Å². The molecule has 1 amide bonds. The number of hydrogen-bond donors (Lipinski definition) is 0. The Morgan fingerprint density at radius 2 is 2.38 bits per heavy atom. The number of fused-ring (bicyclic) bond motifs is 1. The van der Waals surface area contributed by atoms with Gasteiger partial charge in [-0.15, -0.1) is 0 Å². The van der Waals surface area contributed by atoms with Crippen LogP contribution in [0.1, 0.15) is 40.9 Å². The van der Waals surface area contributed by atoms with Crippen molar-refractivity contribution in [3.63, 3.8) is 0 Å². The SMILES string of the molecule is CC1CCc2onc(C(=O)N(C)Cc3ccnn3C)c2C1. The van der Waals surface area contributed by atoms with E-state index in [1.54, 1.807) is 22.8 Å². The van der Waals surface area contributed by atoms with Crippen molar-refractivity contribution in [3.8, 4) is 0 Å². The number of hydrogen-bond acceptors (Lipinski definition) is 4. The minimum atomic E-state index is -0.0877. The van der Waals surface area contributed by atoms with E-state index in [9.17, 15) is 4.79 Å². The van der Waals surface area contributed by atoms with Crippen LogP contribution in [-0.2, 0) is 26.4 Å². The Morgan fingerprint density at radius 1 is 1.57 bits per heavy atom. The summed E-state index contributed by atoms with van der Waals surface area (Å²) in [6.45, 7) is 2.70. The lowest BCUT2D eigenvalue weighted by molar-refractivity contribution is 0.0770. The first-order chi connectivity index (χ1) is 10.1. The molecule has 0 aromatic carbocycles. The lowest BCUT2D eigenvalue weighted by Gasteiger charge is -2.19. The summed E-state index contributed by atoms with van der Waals surface area (Å²) in [6.07, 6.45) is 4.58. The molecule has 1 unspecified atom stereocenters. The van der Waals surface area contributed by atoms with Crippen LogP contribution in [0.25, 0.3) is 0 Å². The Balaban J connectivity index is 1.79. The fourth-order valence-electron chi connectivity index (χ4n) is 2.80. The Labute approximate surface area is 123 Å². The van der Waals surface area contributed by atoms with Crippen molar-refractivity contribution in [2.75, 3.05) is 7.05 Å². The van der Waals surface area contributed by atoms with Gasteiger partial charge in [-0.2, -0.15) is 5.10 Å². The lowest BCUT2D eigenvalue weighted by Crippen LogP contribution is -2.29. The number of nitrogens with zero attached hydrogens (tertiary/aromatic N) is 4. The van der Waals surface area contributed by atoms with Crippen LogP contribution in [-0.4, -0.2) is 32.8 Å². The molecule has 6 heteroatoms. The zero-order chi connectivity index (χ0) is 15.0. The van der Waals surface area contributed by atoms with Gasteiger partial charge in [-0.05, 0) is 24.8 Å².